The summed E-state index contributed by atoms with van der Waals surface area (Å²) in [6, 6.07) is 7.50. The maximum absolute atomic E-state index is 11.9. The molecule has 1 aliphatic heterocycles. The van der Waals surface area contributed by atoms with E-state index in [9.17, 15) is 4.79 Å². The van der Waals surface area contributed by atoms with Crippen molar-refractivity contribution in [2.45, 2.75) is 38.7 Å². The summed E-state index contributed by atoms with van der Waals surface area (Å²) in [7, 11) is 0. The number of nitrogens with zero attached hydrogens (tertiary/aromatic N) is 2. The molecule has 1 aromatic heterocycles. The molecule has 0 spiro atoms. The first-order valence-corrected chi connectivity index (χ1v) is 8.68. The first kappa shape index (κ1) is 17.4. The minimum Gasteiger partial charge on any atom is -0.494 e. The van der Waals surface area contributed by atoms with E-state index >= 15 is 0 Å². The van der Waals surface area contributed by atoms with Crippen molar-refractivity contribution in [1.82, 2.24) is 15.5 Å². The standard InChI is InChI=1S/C18H23N3O4/c1-2-23-14-7-5-13(6-8-14)18-20-17(25-21-18)10-9-16(22)19-12-15-4-3-11-24-15/h5-8,15H,2-4,9-12H2,1H3,(H,19,22). The summed E-state index contributed by atoms with van der Waals surface area (Å²) in [4.78, 5) is 16.2. The summed E-state index contributed by atoms with van der Waals surface area (Å²) in [5, 5.41) is 6.85. The molecule has 2 heterocycles. The van der Waals surface area contributed by atoms with Gasteiger partial charge in [0.1, 0.15) is 5.75 Å². The average Bonchev–Trinajstić information content (AvgIpc) is 3.31. The van der Waals surface area contributed by atoms with Crippen molar-refractivity contribution in [3.63, 3.8) is 0 Å². The fourth-order valence-electron chi connectivity index (χ4n) is 2.68. The molecule has 1 fully saturated rings. The topological polar surface area (TPSA) is 86.5 Å². The number of hydrogen-bond donors (Lipinski definition) is 1. The normalized spacial score (nSPS) is 16.8. The van der Waals surface area contributed by atoms with Crippen LogP contribution in [0, 0.1) is 0 Å². The monoisotopic (exact) mass is 345 g/mol. The van der Waals surface area contributed by atoms with E-state index in [0.29, 0.717) is 37.7 Å². The predicted molar refractivity (Wildman–Crippen MR) is 91.2 cm³/mol. The van der Waals surface area contributed by atoms with Crippen LogP contribution in [0.25, 0.3) is 11.4 Å². The average molecular weight is 345 g/mol. The predicted octanol–water partition coefficient (Wildman–Crippen LogP) is 2.36. The highest BCUT2D eigenvalue weighted by Gasteiger charge is 2.16. The summed E-state index contributed by atoms with van der Waals surface area (Å²) < 4.78 is 16.1. The lowest BCUT2D eigenvalue weighted by atomic mass is 10.2. The number of aryl methyl sites for hydroxylation is 1. The third kappa shape index (κ3) is 5.03. The smallest absolute Gasteiger partial charge is 0.227 e. The zero-order valence-corrected chi connectivity index (χ0v) is 14.4. The van der Waals surface area contributed by atoms with E-state index in [2.05, 4.69) is 15.5 Å². The van der Waals surface area contributed by atoms with Crippen molar-refractivity contribution in [1.29, 1.82) is 0 Å². The van der Waals surface area contributed by atoms with Crippen molar-refractivity contribution in [2.24, 2.45) is 0 Å². The number of carbonyl (C=O) groups excluding carboxylic acids is 1. The molecule has 1 saturated heterocycles. The van der Waals surface area contributed by atoms with Gasteiger partial charge in [-0.2, -0.15) is 4.98 Å². The lowest BCUT2D eigenvalue weighted by molar-refractivity contribution is -0.121. The van der Waals surface area contributed by atoms with Crippen molar-refractivity contribution in [3.8, 4) is 17.1 Å². The first-order chi connectivity index (χ1) is 12.2. The van der Waals surface area contributed by atoms with Crippen molar-refractivity contribution in [3.05, 3.63) is 30.2 Å². The van der Waals surface area contributed by atoms with Gasteiger partial charge < -0.3 is 19.3 Å². The van der Waals surface area contributed by atoms with Crippen LogP contribution < -0.4 is 10.1 Å². The number of nitrogens with one attached hydrogen (secondary N) is 1. The van der Waals surface area contributed by atoms with E-state index in [-0.39, 0.29) is 12.0 Å². The molecule has 1 aliphatic rings. The fraction of sp³-hybridized carbons (Fsp3) is 0.500. The molecule has 7 heteroatoms. The summed E-state index contributed by atoms with van der Waals surface area (Å²) in [5.41, 5.74) is 0.848. The Bertz CT molecular complexity index is 678. The van der Waals surface area contributed by atoms with Crippen molar-refractivity contribution >= 4 is 5.91 Å². The number of hydrogen-bond acceptors (Lipinski definition) is 6. The SMILES string of the molecule is CCOc1ccc(-c2noc(CCC(=O)NCC3CCCO3)n2)cc1. The van der Waals surface area contributed by atoms with Crippen LogP contribution in [0.2, 0.25) is 0 Å². The number of ether oxygens (including phenoxy) is 2. The Labute approximate surface area is 146 Å². The molecule has 0 bridgehead atoms. The van der Waals surface area contributed by atoms with Crippen LogP contribution in [0.1, 0.15) is 32.1 Å². The Balaban J connectivity index is 1.46. The molecule has 1 N–H and O–H groups in total. The van der Waals surface area contributed by atoms with Gasteiger partial charge >= 0.3 is 0 Å². The lowest BCUT2D eigenvalue weighted by Gasteiger charge is -2.09. The van der Waals surface area contributed by atoms with Gasteiger partial charge in [-0.1, -0.05) is 5.16 Å². The summed E-state index contributed by atoms with van der Waals surface area (Å²) in [6.07, 6.45) is 2.96. The van der Waals surface area contributed by atoms with Gasteiger partial charge in [-0.05, 0) is 44.0 Å². The number of carbonyl (C=O) groups is 1. The van der Waals surface area contributed by atoms with Crippen molar-refractivity contribution < 1.29 is 18.8 Å². The maximum atomic E-state index is 11.9. The van der Waals surface area contributed by atoms with Crippen LogP contribution in [-0.2, 0) is 16.0 Å². The summed E-state index contributed by atoms with van der Waals surface area (Å²) >= 11 is 0. The largest absolute Gasteiger partial charge is 0.494 e. The Morgan fingerprint density at radius 2 is 2.20 bits per heavy atom. The number of benzene rings is 1. The molecule has 3 rings (SSSR count). The van der Waals surface area contributed by atoms with Gasteiger partial charge in [-0.15, -0.1) is 0 Å². The third-order valence-electron chi connectivity index (χ3n) is 4.01. The Hall–Kier alpha value is -2.41. The molecule has 0 aliphatic carbocycles. The van der Waals surface area contributed by atoms with Crippen LogP contribution in [0.4, 0.5) is 0 Å². The lowest BCUT2D eigenvalue weighted by Crippen LogP contribution is -2.31. The minimum atomic E-state index is -0.0312. The molecule has 1 unspecified atom stereocenters. The van der Waals surface area contributed by atoms with Crippen LogP contribution in [0.3, 0.4) is 0 Å². The highest BCUT2D eigenvalue weighted by molar-refractivity contribution is 5.76. The summed E-state index contributed by atoms with van der Waals surface area (Å²) in [6.45, 7) is 3.92. The Morgan fingerprint density at radius 1 is 1.36 bits per heavy atom. The van der Waals surface area contributed by atoms with E-state index in [1.807, 2.05) is 31.2 Å². The molecule has 1 amide bonds. The van der Waals surface area contributed by atoms with E-state index in [1.54, 1.807) is 0 Å². The third-order valence-corrected chi connectivity index (χ3v) is 4.01. The number of amides is 1. The zero-order chi connectivity index (χ0) is 17.5. The second-order valence-corrected chi connectivity index (χ2v) is 5.91. The fourth-order valence-corrected chi connectivity index (χ4v) is 2.68. The van der Waals surface area contributed by atoms with Crippen LogP contribution in [0.5, 0.6) is 5.75 Å². The van der Waals surface area contributed by atoms with Gasteiger partial charge in [0.05, 0.1) is 12.7 Å². The van der Waals surface area contributed by atoms with E-state index < -0.39 is 0 Å². The highest BCUT2D eigenvalue weighted by Crippen LogP contribution is 2.20. The van der Waals surface area contributed by atoms with E-state index in [0.717, 1.165) is 30.8 Å². The number of rotatable bonds is 8. The molecule has 0 saturated carbocycles. The maximum Gasteiger partial charge on any atom is 0.227 e. The van der Waals surface area contributed by atoms with Gasteiger partial charge in [-0.3, -0.25) is 4.79 Å². The van der Waals surface area contributed by atoms with E-state index in [1.165, 1.54) is 0 Å². The second kappa shape index (κ2) is 8.62. The van der Waals surface area contributed by atoms with E-state index in [4.69, 9.17) is 14.0 Å². The molecule has 134 valence electrons. The molecule has 0 radical (unpaired) electrons. The first-order valence-electron chi connectivity index (χ1n) is 8.68. The quantitative estimate of drug-likeness (QED) is 0.790. The molecule has 1 aromatic carbocycles. The van der Waals surface area contributed by atoms with Crippen molar-refractivity contribution in [2.75, 3.05) is 19.8 Å². The van der Waals surface area contributed by atoms with Crippen LogP contribution in [-0.4, -0.2) is 41.9 Å². The molecule has 2 aromatic rings. The molecule has 1 atom stereocenters. The molecular weight excluding hydrogens is 322 g/mol. The van der Waals surface area contributed by atoms with Crippen LogP contribution in [0.15, 0.2) is 28.8 Å². The van der Waals surface area contributed by atoms with Gasteiger partial charge in [0, 0.05) is 31.6 Å². The molecule has 7 nitrogen and oxygen atoms in total. The highest BCUT2D eigenvalue weighted by atomic mass is 16.5. The van der Waals surface area contributed by atoms with Gasteiger partial charge in [0.2, 0.25) is 17.6 Å². The minimum absolute atomic E-state index is 0.0312. The Kier molecular flexibility index (Phi) is 6.00. The molecule has 25 heavy (non-hydrogen) atoms. The number of aromatic nitrogens is 2. The zero-order valence-electron chi connectivity index (χ0n) is 14.4. The molecular formula is C18H23N3O4. The van der Waals surface area contributed by atoms with Gasteiger partial charge in [-0.25, -0.2) is 0 Å². The Morgan fingerprint density at radius 3 is 2.92 bits per heavy atom. The van der Waals surface area contributed by atoms with Gasteiger partial charge in [0.25, 0.3) is 0 Å². The van der Waals surface area contributed by atoms with Crippen LogP contribution >= 0.6 is 0 Å². The summed E-state index contributed by atoms with van der Waals surface area (Å²) in [5.74, 6) is 1.74. The second-order valence-electron chi connectivity index (χ2n) is 5.91. The van der Waals surface area contributed by atoms with Gasteiger partial charge in [0.15, 0.2) is 0 Å².